The predicted octanol–water partition coefficient (Wildman–Crippen LogP) is 2.99. The summed E-state index contributed by atoms with van der Waals surface area (Å²) >= 11 is 17.7. The number of aromatic nitrogens is 2. The zero-order valence-electron chi connectivity index (χ0n) is 13.6. The molecule has 1 aliphatic rings. The highest BCUT2D eigenvalue weighted by molar-refractivity contribution is 6.35. The molecule has 1 atom stereocenters. The molecule has 1 unspecified atom stereocenters. The normalized spacial score (nSPS) is 16.9. The molecule has 26 heavy (non-hydrogen) atoms. The molecule has 7 nitrogen and oxygen atoms in total. The molecule has 1 N–H and O–H groups in total. The van der Waals surface area contributed by atoms with Gasteiger partial charge in [0.2, 0.25) is 11.9 Å². The van der Waals surface area contributed by atoms with Crippen molar-refractivity contribution in [1.82, 2.24) is 20.2 Å². The largest absolute Gasteiger partial charge is 0.350 e. The number of urea groups is 1. The molecule has 1 aromatic heterocycles. The Morgan fingerprint density at radius 2 is 1.92 bits per heavy atom. The van der Waals surface area contributed by atoms with E-state index in [4.69, 9.17) is 34.8 Å². The third-order valence-corrected chi connectivity index (χ3v) is 4.76. The molecule has 0 spiro atoms. The molecule has 2 aromatic rings. The summed E-state index contributed by atoms with van der Waals surface area (Å²) in [6, 6.07) is 4.00. The van der Waals surface area contributed by atoms with E-state index in [1.165, 1.54) is 22.2 Å². The van der Waals surface area contributed by atoms with Gasteiger partial charge in [-0.3, -0.25) is 9.69 Å². The highest BCUT2D eigenvalue weighted by Gasteiger charge is 2.40. The molecule has 0 radical (unpaired) electrons. The number of carbonyl (C=O) groups excluding carboxylic acids is 2. The second-order valence-electron chi connectivity index (χ2n) is 5.67. The second-order valence-corrected chi connectivity index (χ2v) is 6.95. The van der Waals surface area contributed by atoms with Gasteiger partial charge in [-0.2, -0.15) is 0 Å². The van der Waals surface area contributed by atoms with Crippen molar-refractivity contribution in [2.45, 2.75) is 12.6 Å². The molecule has 0 bridgehead atoms. The van der Waals surface area contributed by atoms with Gasteiger partial charge in [0.15, 0.2) is 0 Å². The molecule has 3 rings (SSSR count). The topological polar surface area (TPSA) is 78.4 Å². The third kappa shape index (κ3) is 3.85. The van der Waals surface area contributed by atoms with Gasteiger partial charge >= 0.3 is 6.03 Å². The van der Waals surface area contributed by atoms with Crippen LogP contribution in [0, 0.1) is 0 Å². The second kappa shape index (κ2) is 7.65. The molecule has 1 saturated heterocycles. The van der Waals surface area contributed by atoms with Crippen LogP contribution in [-0.4, -0.2) is 46.4 Å². The Labute approximate surface area is 164 Å². The number of likely N-dealkylation sites (N-methyl/N-ethyl adjacent to an activating group) is 1. The predicted molar refractivity (Wildman–Crippen MR) is 99.6 cm³/mol. The number of nitrogens with one attached hydrogen (secondary N) is 1. The maximum Gasteiger partial charge on any atom is 0.327 e. The van der Waals surface area contributed by atoms with Crippen molar-refractivity contribution in [2.75, 3.05) is 18.5 Å². The van der Waals surface area contributed by atoms with Crippen molar-refractivity contribution >= 4 is 52.7 Å². The van der Waals surface area contributed by atoms with Gasteiger partial charge in [0, 0.05) is 23.6 Å². The molecule has 10 heteroatoms. The van der Waals surface area contributed by atoms with Crippen LogP contribution in [0.5, 0.6) is 0 Å². The van der Waals surface area contributed by atoms with Crippen LogP contribution < -0.4 is 10.2 Å². The molecule has 136 valence electrons. The maximum absolute atomic E-state index is 12.5. The van der Waals surface area contributed by atoms with Gasteiger partial charge in [-0.15, -0.1) is 0 Å². The monoisotopic (exact) mass is 413 g/mol. The van der Waals surface area contributed by atoms with Crippen molar-refractivity contribution in [3.63, 3.8) is 0 Å². The van der Waals surface area contributed by atoms with Gasteiger partial charge < -0.3 is 10.2 Å². The number of carbonyl (C=O) groups is 2. The van der Waals surface area contributed by atoms with Crippen molar-refractivity contribution in [3.8, 4) is 0 Å². The van der Waals surface area contributed by atoms with E-state index in [9.17, 15) is 9.59 Å². The first-order valence-corrected chi connectivity index (χ1v) is 8.73. The highest BCUT2D eigenvalue weighted by atomic mass is 35.5. The first-order valence-electron chi connectivity index (χ1n) is 7.60. The standard InChI is InChI=1S/C16H14Cl3N5O2/c1-23-13(8-24(16(23)26)15-21-6-11(18)7-22-15)14(25)20-5-9-2-3-10(17)4-12(9)19/h2-4,6-7,13H,5,8H2,1H3,(H,20,25). The summed E-state index contributed by atoms with van der Waals surface area (Å²) < 4.78 is 0. The molecular weight excluding hydrogens is 401 g/mol. The SMILES string of the molecule is CN1C(=O)N(c2ncc(Cl)cn2)CC1C(=O)NCc1ccc(Cl)cc1Cl. The van der Waals surface area contributed by atoms with E-state index in [0.29, 0.717) is 15.1 Å². The Bertz CT molecular complexity index is 846. The average molecular weight is 415 g/mol. The summed E-state index contributed by atoms with van der Waals surface area (Å²) in [7, 11) is 1.55. The van der Waals surface area contributed by atoms with Crippen LogP contribution in [0.25, 0.3) is 0 Å². The van der Waals surface area contributed by atoms with Gasteiger partial charge in [0.05, 0.1) is 24.0 Å². The van der Waals surface area contributed by atoms with Crippen LogP contribution in [0.4, 0.5) is 10.7 Å². The Hall–Kier alpha value is -2.09. The van der Waals surface area contributed by atoms with Crippen LogP contribution in [0.2, 0.25) is 15.1 Å². The lowest BCUT2D eigenvalue weighted by molar-refractivity contribution is -0.124. The first-order chi connectivity index (χ1) is 12.4. The lowest BCUT2D eigenvalue weighted by Crippen LogP contribution is -2.43. The molecule has 2 heterocycles. The van der Waals surface area contributed by atoms with Gasteiger partial charge in [-0.05, 0) is 17.7 Å². The number of amides is 3. The molecule has 1 aromatic carbocycles. The van der Waals surface area contributed by atoms with E-state index in [0.717, 1.165) is 5.56 Å². The minimum Gasteiger partial charge on any atom is -0.350 e. The molecule has 1 fully saturated rings. The quantitative estimate of drug-likeness (QED) is 0.834. The van der Waals surface area contributed by atoms with Crippen LogP contribution in [-0.2, 0) is 11.3 Å². The van der Waals surface area contributed by atoms with Crippen molar-refractivity contribution in [1.29, 1.82) is 0 Å². The van der Waals surface area contributed by atoms with Crippen molar-refractivity contribution in [2.24, 2.45) is 0 Å². The number of hydrogen-bond acceptors (Lipinski definition) is 4. The smallest absolute Gasteiger partial charge is 0.327 e. The van der Waals surface area contributed by atoms with Crippen molar-refractivity contribution in [3.05, 3.63) is 51.2 Å². The van der Waals surface area contributed by atoms with E-state index in [1.54, 1.807) is 25.2 Å². The summed E-state index contributed by atoms with van der Waals surface area (Å²) in [6.07, 6.45) is 2.79. The number of hydrogen-bond donors (Lipinski definition) is 1. The Balaban J connectivity index is 1.67. The third-order valence-electron chi connectivity index (χ3n) is 3.97. The van der Waals surface area contributed by atoms with E-state index < -0.39 is 6.04 Å². The summed E-state index contributed by atoms with van der Waals surface area (Å²) in [5, 5.41) is 4.13. The highest BCUT2D eigenvalue weighted by Crippen LogP contribution is 2.22. The van der Waals surface area contributed by atoms with Crippen molar-refractivity contribution < 1.29 is 9.59 Å². The number of halogens is 3. The minimum absolute atomic E-state index is 0.136. The summed E-state index contributed by atoms with van der Waals surface area (Å²) in [6.45, 7) is 0.363. The lowest BCUT2D eigenvalue weighted by Gasteiger charge is -2.17. The van der Waals surface area contributed by atoms with Crippen LogP contribution in [0.15, 0.2) is 30.6 Å². The fourth-order valence-corrected chi connectivity index (χ4v) is 3.11. The fraction of sp³-hybridized carbons (Fsp3) is 0.250. The number of rotatable bonds is 4. The van der Waals surface area contributed by atoms with E-state index >= 15 is 0 Å². The summed E-state index contributed by atoms with van der Waals surface area (Å²) in [5.41, 5.74) is 0.731. The van der Waals surface area contributed by atoms with Gasteiger partial charge in [0.1, 0.15) is 6.04 Å². The molecule has 0 aliphatic carbocycles. The Morgan fingerprint density at radius 3 is 2.58 bits per heavy atom. The van der Waals surface area contributed by atoms with E-state index in [-0.39, 0.29) is 31.0 Å². The van der Waals surface area contributed by atoms with E-state index in [1.807, 2.05) is 0 Å². The zero-order chi connectivity index (χ0) is 18.8. The molecular formula is C16H14Cl3N5O2. The van der Waals surface area contributed by atoms with Crippen LogP contribution in [0.3, 0.4) is 0 Å². The molecule has 3 amide bonds. The molecule has 1 aliphatic heterocycles. The average Bonchev–Trinajstić information content (AvgIpc) is 2.90. The lowest BCUT2D eigenvalue weighted by atomic mass is 10.2. The van der Waals surface area contributed by atoms with Gasteiger partial charge in [0.25, 0.3) is 0 Å². The molecule has 0 saturated carbocycles. The Kier molecular flexibility index (Phi) is 5.50. The maximum atomic E-state index is 12.5. The van der Waals surface area contributed by atoms with Gasteiger partial charge in [-0.25, -0.2) is 14.8 Å². The number of nitrogens with zero attached hydrogens (tertiary/aromatic N) is 4. The summed E-state index contributed by atoms with van der Waals surface area (Å²) in [5.74, 6) is -0.106. The summed E-state index contributed by atoms with van der Waals surface area (Å²) in [4.78, 5) is 35.6. The number of anilines is 1. The minimum atomic E-state index is -0.673. The number of benzene rings is 1. The first kappa shape index (κ1) is 18.7. The van der Waals surface area contributed by atoms with Crippen LogP contribution >= 0.6 is 34.8 Å². The fourth-order valence-electron chi connectivity index (χ4n) is 2.53. The van der Waals surface area contributed by atoms with Gasteiger partial charge in [-0.1, -0.05) is 40.9 Å². The Morgan fingerprint density at radius 1 is 1.23 bits per heavy atom. The van der Waals surface area contributed by atoms with Crippen LogP contribution in [0.1, 0.15) is 5.56 Å². The zero-order valence-corrected chi connectivity index (χ0v) is 15.9. The van der Waals surface area contributed by atoms with E-state index in [2.05, 4.69) is 15.3 Å².